The summed E-state index contributed by atoms with van der Waals surface area (Å²) in [6.07, 6.45) is 5.11. The maximum Gasteiger partial charge on any atom is 0.133 e. The molecule has 3 rings (SSSR count). The minimum atomic E-state index is 0.190. The van der Waals surface area contributed by atoms with E-state index in [1.165, 1.54) is 18.4 Å². The Morgan fingerprint density at radius 3 is 2.79 bits per heavy atom. The topological polar surface area (TPSA) is 56.7 Å². The van der Waals surface area contributed by atoms with Gasteiger partial charge < -0.3 is 10.3 Å². The third-order valence-corrected chi connectivity index (χ3v) is 4.28. The summed E-state index contributed by atoms with van der Waals surface area (Å²) in [5.41, 5.74) is 8.31. The normalized spacial score (nSPS) is 26.1. The van der Waals surface area contributed by atoms with Gasteiger partial charge in [0.05, 0.1) is 0 Å². The number of benzene rings is 1. The van der Waals surface area contributed by atoms with E-state index < -0.39 is 0 Å². The molecule has 1 aliphatic rings. The second kappa shape index (κ2) is 4.37. The third-order valence-electron chi connectivity index (χ3n) is 4.28. The smallest absolute Gasteiger partial charge is 0.133 e. The molecule has 1 fully saturated rings. The number of aromatic nitrogens is 3. The van der Waals surface area contributed by atoms with Gasteiger partial charge in [-0.25, -0.2) is 0 Å². The fourth-order valence-corrected chi connectivity index (χ4v) is 3.39. The first-order valence-corrected chi connectivity index (χ1v) is 6.78. The molecule has 0 amide bonds. The van der Waals surface area contributed by atoms with Gasteiger partial charge in [0.2, 0.25) is 0 Å². The molecule has 100 valence electrons. The number of nitrogens with zero attached hydrogens (tertiary/aromatic N) is 3. The van der Waals surface area contributed by atoms with Crippen molar-refractivity contribution in [2.24, 2.45) is 13.0 Å². The first-order valence-electron chi connectivity index (χ1n) is 6.78. The van der Waals surface area contributed by atoms with Crippen molar-refractivity contribution in [2.75, 3.05) is 5.73 Å². The van der Waals surface area contributed by atoms with E-state index in [9.17, 15) is 0 Å². The molecule has 2 N–H and O–H groups in total. The molecule has 1 heterocycles. The van der Waals surface area contributed by atoms with Crippen LogP contribution in [0.5, 0.6) is 0 Å². The highest BCUT2D eigenvalue weighted by Crippen LogP contribution is 2.49. The summed E-state index contributed by atoms with van der Waals surface area (Å²) in [6, 6.07) is 8.30. The first kappa shape index (κ1) is 12.2. The molecule has 0 unspecified atom stereocenters. The average Bonchev–Trinajstić information content (AvgIpc) is 2.72. The maximum absolute atomic E-state index is 5.94. The summed E-state index contributed by atoms with van der Waals surface area (Å²) in [6.45, 7) is 2.31. The summed E-state index contributed by atoms with van der Waals surface area (Å²) >= 11 is 0. The summed E-state index contributed by atoms with van der Waals surface area (Å²) < 4.78 is 2.01. The molecule has 0 bridgehead atoms. The van der Waals surface area contributed by atoms with Gasteiger partial charge >= 0.3 is 0 Å². The van der Waals surface area contributed by atoms with Crippen molar-refractivity contribution in [3.63, 3.8) is 0 Å². The number of nitrogen functional groups attached to an aromatic ring is 1. The lowest BCUT2D eigenvalue weighted by molar-refractivity contribution is 0.152. The molecule has 1 aromatic heterocycles. The quantitative estimate of drug-likeness (QED) is 0.857. The van der Waals surface area contributed by atoms with Gasteiger partial charge in [-0.2, -0.15) is 0 Å². The van der Waals surface area contributed by atoms with Gasteiger partial charge in [0.15, 0.2) is 0 Å². The Morgan fingerprint density at radius 1 is 1.42 bits per heavy atom. The van der Waals surface area contributed by atoms with E-state index in [2.05, 4.69) is 29.3 Å². The zero-order valence-electron chi connectivity index (χ0n) is 11.5. The Morgan fingerprint density at radius 2 is 2.21 bits per heavy atom. The average molecular weight is 256 g/mol. The number of hydrogen-bond donors (Lipinski definition) is 1. The molecule has 4 nitrogen and oxygen atoms in total. The van der Waals surface area contributed by atoms with Crippen LogP contribution in [0.1, 0.15) is 31.2 Å². The monoisotopic (exact) mass is 256 g/mol. The highest BCUT2D eigenvalue weighted by molar-refractivity contribution is 5.44. The second-order valence-corrected chi connectivity index (χ2v) is 5.95. The summed E-state index contributed by atoms with van der Waals surface area (Å²) in [5.74, 6) is 1.82. The van der Waals surface area contributed by atoms with Gasteiger partial charge in [-0.05, 0) is 36.5 Å². The molecular formula is C15H20N4. The first-order chi connectivity index (χ1) is 9.09. The molecular weight excluding hydrogens is 236 g/mol. The fraction of sp³-hybridized carbons (Fsp3) is 0.467. The highest BCUT2D eigenvalue weighted by Gasteiger charge is 2.44. The third kappa shape index (κ3) is 2.11. The molecule has 2 aromatic rings. The number of hydrogen-bond acceptors (Lipinski definition) is 3. The lowest BCUT2D eigenvalue weighted by Crippen LogP contribution is -2.42. The lowest BCUT2D eigenvalue weighted by atomic mass is 9.57. The van der Waals surface area contributed by atoms with E-state index >= 15 is 0 Å². The number of rotatable bonds is 3. The van der Waals surface area contributed by atoms with E-state index in [0.29, 0.717) is 0 Å². The largest absolute Gasteiger partial charge is 0.399 e. The van der Waals surface area contributed by atoms with Gasteiger partial charge in [-0.3, -0.25) is 0 Å². The maximum atomic E-state index is 5.94. The SMILES string of the molecule is CC1CC(Cc2nncn2C)(c2cccc(N)c2)C1. The van der Waals surface area contributed by atoms with Crippen LogP contribution in [0.15, 0.2) is 30.6 Å². The fourth-order valence-electron chi connectivity index (χ4n) is 3.39. The van der Waals surface area contributed by atoms with E-state index in [1.54, 1.807) is 6.33 Å². The van der Waals surface area contributed by atoms with Crippen LogP contribution in [-0.2, 0) is 18.9 Å². The van der Waals surface area contributed by atoms with Crippen molar-refractivity contribution in [3.8, 4) is 0 Å². The molecule has 1 aromatic carbocycles. The van der Waals surface area contributed by atoms with Crippen molar-refractivity contribution in [3.05, 3.63) is 42.0 Å². The lowest BCUT2D eigenvalue weighted by Gasteiger charge is -2.47. The Kier molecular flexibility index (Phi) is 2.81. The van der Waals surface area contributed by atoms with Crippen molar-refractivity contribution >= 4 is 5.69 Å². The second-order valence-electron chi connectivity index (χ2n) is 5.95. The van der Waals surface area contributed by atoms with Crippen LogP contribution < -0.4 is 5.73 Å². The van der Waals surface area contributed by atoms with Crippen LogP contribution in [-0.4, -0.2) is 14.8 Å². The van der Waals surface area contributed by atoms with Crippen molar-refractivity contribution in [1.82, 2.24) is 14.8 Å². The van der Waals surface area contributed by atoms with E-state index in [1.807, 2.05) is 23.7 Å². The van der Waals surface area contributed by atoms with Crippen LogP contribution in [0.2, 0.25) is 0 Å². The molecule has 0 spiro atoms. The van der Waals surface area contributed by atoms with Gasteiger partial charge in [0.1, 0.15) is 12.2 Å². The number of aryl methyl sites for hydroxylation is 1. The summed E-state index contributed by atoms with van der Waals surface area (Å²) in [7, 11) is 2.00. The Hall–Kier alpha value is -1.84. The minimum absolute atomic E-state index is 0.190. The van der Waals surface area contributed by atoms with E-state index in [4.69, 9.17) is 5.73 Å². The standard InChI is InChI=1S/C15H20N4/c1-11-7-15(8-11,9-14-18-17-10-19(14)2)12-4-3-5-13(16)6-12/h3-6,10-11H,7-9,16H2,1-2H3. The predicted molar refractivity (Wildman–Crippen MR) is 75.6 cm³/mol. The van der Waals surface area contributed by atoms with Gasteiger partial charge in [0, 0.05) is 24.6 Å². The minimum Gasteiger partial charge on any atom is -0.399 e. The van der Waals surface area contributed by atoms with Gasteiger partial charge in [0.25, 0.3) is 0 Å². The highest BCUT2D eigenvalue weighted by atomic mass is 15.2. The molecule has 0 saturated heterocycles. The Bertz CT molecular complexity index is 581. The Labute approximate surface area is 113 Å². The number of anilines is 1. The van der Waals surface area contributed by atoms with E-state index in [0.717, 1.165) is 23.9 Å². The van der Waals surface area contributed by atoms with Crippen LogP contribution in [0, 0.1) is 5.92 Å². The van der Waals surface area contributed by atoms with Crippen LogP contribution in [0.4, 0.5) is 5.69 Å². The van der Waals surface area contributed by atoms with E-state index in [-0.39, 0.29) is 5.41 Å². The zero-order chi connectivity index (χ0) is 13.5. The van der Waals surface area contributed by atoms with Gasteiger partial charge in [-0.15, -0.1) is 10.2 Å². The van der Waals surface area contributed by atoms with Crippen LogP contribution >= 0.6 is 0 Å². The molecule has 0 atom stereocenters. The molecule has 1 aliphatic carbocycles. The molecule has 0 aliphatic heterocycles. The molecule has 4 heteroatoms. The molecule has 1 saturated carbocycles. The predicted octanol–water partition coefficient (Wildman–Crippen LogP) is 2.31. The number of nitrogens with two attached hydrogens (primary N) is 1. The van der Waals surface area contributed by atoms with Crippen LogP contribution in [0.3, 0.4) is 0 Å². The van der Waals surface area contributed by atoms with Crippen molar-refractivity contribution in [1.29, 1.82) is 0 Å². The zero-order valence-corrected chi connectivity index (χ0v) is 11.5. The summed E-state index contributed by atoms with van der Waals surface area (Å²) in [5, 5.41) is 8.22. The molecule has 0 radical (unpaired) electrons. The van der Waals surface area contributed by atoms with Crippen molar-refractivity contribution < 1.29 is 0 Å². The summed E-state index contributed by atoms with van der Waals surface area (Å²) in [4.78, 5) is 0. The van der Waals surface area contributed by atoms with Gasteiger partial charge in [-0.1, -0.05) is 19.1 Å². The Balaban J connectivity index is 1.94. The van der Waals surface area contributed by atoms with Crippen molar-refractivity contribution in [2.45, 2.75) is 31.6 Å². The molecule has 19 heavy (non-hydrogen) atoms. The van der Waals surface area contributed by atoms with Crippen LogP contribution in [0.25, 0.3) is 0 Å².